The van der Waals surface area contributed by atoms with Gasteiger partial charge in [-0.2, -0.15) is 0 Å². The standard InChI is InChI=1S/C16H32N2O3/c1-11(2)13(19)17-16(7,8)10-9-12(3)21-14(20)18-15(4,5)6/h11-12H,9-10H2,1-8H3,(H,17,19)(H,18,20). The molecule has 1 unspecified atom stereocenters. The van der Waals surface area contributed by atoms with Crippen molar-refractivity contribution in [3.63, 3.8) is 0 Å². The number of rotatable bonds is 6. The van der Waals surface area contributed by atoms with Gasteiger partial charge in [0.2, 0.25) is 5.91 Å². The van der Waals surface area contributed by atoms with Crippen LogP contribution in [-0.2, 0) is 9.53 Å². The molecule has 2 N–H and O–H groups in total. The molecular weight excluding hydrogens is 268 g/mol. The molecule has 0 saturated carbocycles. The summed E-state index contributed by atoms with van der Waals surface area (Å²) >= 11 is 0. The molecule has 0 saturated heterocycles. The first-order valence-corrected chi connectivity index (χ1v) is 7.63. The molecule has 0 aromatic carbocycles. The van der Waals surface area contributed by atoms with Gasteiger partial charge in [-0.25, -0.2) is 4.79 Å². The van der Waals surface area contributed by atoms with Gasteiger partial charge in [0.15, 0.2) is 0 Å². The van der Waals surface area contributed by atoms with Crippen molar-refractivity contribution >= 4 is 12.0 Å². The fraction of sp³-hybridized carbons (Fsp3) is 0.875. The minimum absolute atomic E-state index is 0.0319. The molecule has 0 heterocycles. The lowest BCUT2D eigenvalue weighted by Crippen LogP contribution is -2.46. The molecule has 0 bridgehead atoms. The van der Waals surface area contributed by atoms with Crippen LogP contribution < -0.4 is 10.6 Å². The summed E-state index contributed by atoms with van der Waals surface area (Å²) in [7, 11) is 0. The van der Waals surface area contributed by atoms with Gasteiger partial charge in [0.25, 0.3) is 0 Å². The summed E-state index contributed by atoms with van der Waals surface area (Å²) in [5.74, 6) is 0.00885. The number of amides is 2. The van der Waals surface area contributed by atoms with Crippen molar-refractivity contribution in [1.29, 1.82) is 0 Å². The largest absolute Gasteiger partial charge is 0.447 e. The highest BCUT2D eigenvalue weighted by atomic mass is 16.6. The predicted molar refractivity (Wildman–Crippen MR) is 85.1 cm³/mol. The molecule has 0 radical (unpaired) electrons. The van der Waals surface area contributed by atoms with Crippen LogP contribution in [0.4, 0.5) is 4.79 Å². The summed E-state index contributed by atoms with van der Waals surface area (Å²) in [5, 5.41) is 5.77. The third kappa shape index (κ3) is 10.2. The van der Waals surface area contributed by atoms with Crippen LogP contribution >= 0.6 is 0 Å². The van der Waals surface area contributed by atoms with Gasteiger partial charge in [-0.1, -0.05) is 13.8 Å². The van der Waals surface area contributed by atoms with Gasteiger partial charge in [0.05, 0.1) is 0 Å². The Morgan fingerprint density at radius 1 is 1.00 bits per heavy atom. The van der Waals surface area contributed by atoms with Crippen molar-refractivity contribution in [1.82, 2.24) is 10.6 Å². The van der Waals surface area contributed by atoms with Crippen molar-refractivity contribution in [2.45, 2.75) is 85.4 Å². The second-order valence-corrected chi connectivity index (χ2v) is 7.66. The van der Waals surface area contributed by atoms with Gasteiger partial charge in [-0.05, 0) is 54.4 Å². The predicted octanol–water partition coefficient (Wildman–Crippen LogP) is 3.23. The molecule has 0 aromatic rings. The van der Waals surface area contributed by atoms with Gasteiger partial charge in [0, 0.05) is 17.0 Å². The number of hydrogen-bond donors (Lipinski definition) is 2. The van der Waals surface area contributed by atoms with E-state index in [0.29, 0.717) is 6.42 Å². The van der Waals surface area contributed by atoms with Crippen molar-refractivity contribution < 1.29 is 14.3 Å². The van der Waals surface area contributed by atoms with Gasteiger partial charge in [0.1, 0.15) is 6.10 Å². The van der Waals surface area contributed by atoms with Crippen LogP contribution in [0.2, 0.25) is 0 Å². The Bertz CT molecular complexity index is 357. The Labute approximate surface area is 129 Å². The number of hydrogen-bond acceptors (Lipinski definition) is 3. The molecule has 0 fully saturated rings. The Balaban J connectivity index is 4.20. The van der Waals surface area contributed by atoms with E-state index in [9.17, 15) is 9.59 Å². The van der Waals surface area contributed by atoms with Crippen LogP contribution in [-0.4, -0.2) is 29.2 Å². The summed E-state index contributed by atoms with van der Waals surface area (Å²) in [4.78, 5) is 23.4. The summed E-state index contributed by atoms with van der Waals surface area (Å²) in [6.07, 6.45) is 0.847. The summed E-state index contributed by atoms with van der Waals surface area (Å²) in [6, 6.07) is 0. The molecule has 1 atom stereocenters. The first-order valence-electron chi connectivity index (χ1n) is 7.63. The van der Waals surface area contributed by atoms with Gasteiger partial charge in [-0.15, -0.1) is 0 Å². The summed E-state index contributed by atoms with van der Waals surface area (Å²) < 4.78 is 5.31. The lowest BCUT2D eigenvalue weighted by atomic mass is 9.95. The number of alkyl carbamates (subject to hydrolysis) is 1. The molecule has 21 heavy (non-hydrogen) atoms. The van der Waals surface area contributed by atoms with Crippen molar-refractivity contribution in [2.75, 3.05) is 0 Å². The second-order valence-electron chi connectivity index (χ2n) is 7.66. The quantitative estimate of drug-likeness (QED) is 0.791. The van der Waals surface area contributed by atoms with Crippen LogP contribution in [0, 0.1) is 5.92 Å². The summed E-state index contributed by atoms with van der Waals surface area (Å²) in [5.41, 5.74) is -0.610. The van der Waals surface area contributed by atoms with Gasteiger partial charge < -0.3 is 15.4 Å². The molecule has 0 aliphatic heterocycles. The number of carbonyl (C=O) groups is 2. The fourth-order valence-corrected chi connectivity index (χ4v) is 1.68. The van der Waals surface area contributed by atoms with Gasteiger partial charge >= 0.3 is 6.09 Å². The zero-order chi connectivity index (χ0) is 16.8. The maximum atomic E-state index is 11.7. The third-order valence-electron chi connectivity index (χ3n) is 2.95. The Hall–Kier alpha value is -1.26. The number of carbonyl (C=O) groups excluding carboxylic acids is 2. The van der Waals surface area contributed by atoms with Crippen LogP contribution in [0.5, 0.6) is 0 Å². The SMILES string of the molecule is CC(CCC(C)(C)NC(=O)C(C)C)OC(=O)NC(C)(C)C. The molecule has 124 valence electrons. The Kier molecular flexibility index (Phi) is 7.20. The molecule has 0 aliphatic rings. The highest BCUT2D eigenvalue weighted by molar-refractivity contribution is 5.78. The van der Waals surface area contributed by atoms with E-state index in [1.165, 1.54) is 0 Å². The number of ether oxygens (including phenoxy) is 1. The van der Waals surface area contributed by atoms with Crippen LogP contribution in [0.3, 0.4) is 0 Å². The van der Waals surface area contributed by atoms with E-state index in [4.69, 9.17) is 4.74 Å². The van der Waals surface area contributed by atoms with Gasteiger partial charge in [-0.3, -0.25) is 4.79 Å². The summed E-state index contributed by atoms with van der Waals surface area (Å²) in [6.45, 7) is 15.3. The monoisotopic (exact) mass is 300 g/mol. The van der Waals surface area contributed by atoms with Crippen LogP contribution in [0.25, 0.3) is 0 Å². The average molecular weight is 300 g/mol. The Morgan fingerprint density at radius 3 is 1.95 bits per heavy atom. The molecule has 2 amide bonds. The zero-order valence-corrected chi connectivity index (χ0v) is 14.8. The highest BCUT2D eigenvalue weighted by Crippen LogP contribution is 2.15. The van der Waals surface area contributed by atoms with E-state index >= 15 is 0 Å². The molecular formula is C16H32N2O3. The minimum Gasteiger partial charge on any atom is -0.447 e. The molecule has 0 spiro atoms. The van der Waals surface area contributed by atoms with E-state index in [1.54, 1.807) is 0 Å². The maximum absolute atomic E-state index is 11.7. The third-order valence-corrected chi connectivity index (χ3v) is 2.95. The van der Waals surface area contributed by atoms with Crippen molar-refractivity contribution in [3.05, 3.63) is 0 Å². The normalized spacial score (nSPS) is 13.8. The molecule has 0 rings (SSSR count). The number of nitrogens with one attached hydrogen (secondary N) is 2. The maximum Gasteiger partial charge on any atom is 0.407 e. The molecule has 0 aromatic heterocycles. The molecule has 0 aliphatic carbocycles. The fourth-order valence-electron chi connectivity index (χ4n) is 1.68. The van der Waals surface area contributed by atoms with Crippen molar-refractivity contribution in [3.8, 4) is 0 Å². The Morgan fingerprint density at radius 2 is 1.52 bits per heavy atom. The first kappa shape index (κ1) is 19.7. The minimum atomic E-state index is -0.404. The lowest BCUT2D eigenvalue weighted by molar-refractivity contribution is -0.125. The highest BCUT2D eigenvalue weighted by Gasteiger charge is 2.24. The zero-order valence-electron chi connectivity index (χ0n) is 14.8. The lowest BCUT2D eigenvalue weighted by Gasteiger charge is -2.29. The smallest absolute Gasteiger partial charge is 0.407 e. The van der Waals surface area contributed by atoms with Crippen LogP contribution in [0.1, 0.15) is 68.2 Å². The van der Waals surface area contributed by atoms with E-state index in [2.05, 4.69) is 10.6 Å². The second kappa shape index (κ2) is 7.66. The average Bonchev–Trinajstić information content (AvgIpc) is 2.23. The van der Waals surface area contributed by atoms with Crippen LogP contribution in [0.15, 0.2) is 0 Å². The topological polar surface area (TPSA) is 67.4 Å². The molecule has 5 heteroatoms. The van der Waals surface area contributed by atoms with Crippen molar-refractivity contribution in [2.24, 2.45) is 5.92 Å². The van der Waals surface area contributed by atoms with E-state index in [-0.39, 0.29) is 29.0 Å². The van der Waals surface area contributed by atoms with E-state index in [1.807, 2.05) is 55.4 Å². The van der Waals surface area contributed by atoms with E-state index in [0.717, 1.165) is 6.42 Å². The van der Waals surface area contributed by atoms with E-state index < -0.39 is 6.09 Å². The molecule has 5 nitrogen and oxygen atoms in total. The first-order chi connectivity index (χ1) is 9.32.